The molecule has 6 atom stereocenters. The average molecular weight is 455 g/mol. The zero-order chi connectivity index (χ0) is 22.7. The third-order valence-electron chi connectivity index (χ3n) is 9.99. The van der Waals surface area contributed by atoms with Crippen molar-refractivity contribution >= 4 is 10.8 Å². The maximum absolute atomic E-state index is 5.49. The Morgan fingerprint density at radius 3 is 2.76 bits per heavy atom. The van der Waals surface area contributed by atoms with Crippen molar-refractivity contribution in [2.75, 3.05) is 13.2 Å². The molecule has 34 heavy (non-hydrogen) atoms. The first kappa shape index (κ1) is 21.3. The molecule has 3 nitrogen and oxygen atoms in total. The third-order valence-corrected chi connectivity index (χ3v) is 9.99. The molecule has 2 heterocycles. The van der Waals surface area contributed by atoms with Gasteiger partial charge in [-0.05, 0) is 117 Å². The maximum Gasteiger partial charge on any atom is 0.0669 e. The van der Waals surface area contributed by atoms with Gasteiger partial charge in [0.2, 0.25) is 0 Å². The van der Waals surface area contributed by atoms with Crippen molar-refractivity contribution in [3.63, 3.8) is 0 Å². The second-order valence-electron chi connectivity index (χ2n) is 12.2. The Hall–Kier alpha value is -1.97. The Kier molecular flexibility index (Phi) is 5.21. The van der Waals surface area contributed by atoms with Gasteiger partial charge in [-0.1, -0.05) is 29.9 Å². The minimum Gasteiger partial charge on any atom is -0.377 e. The Bertz CT molecular complexity index is 1150. The summed E-state index contributed by atoms with van der Waals surface area (Å²) in [5.74, 6) is 3.96. The molecule has 0 bridgehead atoms. The normalized spacial score (nSPS) is 36.4. The largest absolute Gasteiger partial charge is 0.377 e. The van der Waals surface area contributed by atoms with E-state index in [1.54, 1.807) is 16.7 Å². The van der Waals surface area contributed by atoms with Gasteiger partial charge in [-0.2, -0.15) is 0 Å². The van der Waals surface area contributed by atoms with Crippen molar-refractivity contribution in [3.05, 3.63) is 65.5 Å². The first-order valence-electron chi connectivity index (χ1n) is 13.7. The molecule has 0 spiro atoms. The summed E-state index contributed by atoms with van der Waals surface area (Å²) < 4.78 is 5.49. The molecule has 2 aromatic rings. The Labute approximate surface area is 204 Å². The van der Waals surface area contributed by atoms with Gasteiger partial charge in [0.1, 0.15) is 0 Å². The number of rotatable bonds is 3. The number of hydrogen-bond donors (Lipinski definition) is 1. The quantitative estimate of drug-likeness (QED) is 0.570. The van der Waals surface area contributed by atoms with Crippen LogP contribution in [0.2, 0.25) is 0 Å². The standard InChI is InChI=1S/C31H38N2O/c1-31(18-34-19-31)33-26-7-4-21-14-24-6-9-29-28(10-11-30(29)27(24)8-5-22(21)16-26)23-3-2-20-12-13-32-17-25(20)15-23/h2-3,6,12-15,17,22,26-30,33H,4-5,7-11,16,18-19H2,1H3. The number of allylic oxidation sites excluding steroid dienone is 4. The summed E-state index contributed by atoms with van der Waals surface area (Å²) >= 11 is 0. The molecule has 1 aliphatic heterocycles. The first-order chi connectivity index (χ1) is 16.7. The summed E-state index contributed by atoms with van der Waals surface area (Å²) in [5, 5.41) is 6.55. The lowest BCUT2D eigenvalue weighted by Gasteiger charge is -2.44. The van der Waals surface area contributed by atoms with E-state index in [1.807, 2.05) is 12.4 Å². The van der Waals surface area contributed by atoms with Gasteiger partial charge in [-0.15, -0.1) is 0 Å². The Balaban J connectivity index is 1.08. The van der Waals surface area contributed by atoms with E-state index in [2.05, 4.69) is 53.6 Å². The molecule has 0 amide bonds. The number of benzene rings is 1. The van der Waals surface area contributed by atoms with Crippen LogP contribution in [0.15, 0.2) is 60.0 Å². The van der Waals surface area contributed by atoms with Crippen LogP contribution in [0.1, 0.15) is 69.8 Å². The first-order valence-corrected chi connectivity index (χ1v) is 13.7. The second-order valence-corrected chi connectivity index (χ2v) is 12.2. The van der Waals surface area contributed by atoms with Crippen molar-refractivity contribution in [3.8, 4) is 0 Å². The molecule has 4 aliphatic carbocycles. The highest BCUT2D eigenvalue weighted by Crippen LogP contribution is 2.55. The highest BCUT2D eigenvalue weighted by Gasteiger charge is 2.45. The lowest BCUT2D eigenvalue weighted by molar-refractivity contribution is -0.0713. The van der Waals surface area contributed by atoms with Gasteiger partial charge in [-0.3, -0.25) is 4.98 Å². The van der Waals surface area contributed by atoms with E-state index in [9.17, 15) is 0 Å². The minimum atomic E-state index is 0.220. The molecule has 1 aromatic heterocycles. The van der Waals surface area contributed by atoms with Gasteiger partial charge >= 0.3 is 0 Å². The zero-order valence-electron chi connectivity index (χ0n) is 20.5. The van der Waals surface area contributed by atoms with E-state index in [0.717, 1.165) is 36.9 Å². The van der Waals surface area contributed by atoms with Crippen LogP contribution in [-0.2, 0) is 4.74 Å². The van der Waals surface area contributed by atoms with Crippen LogP contribution in [-0.4, -0.2) is 29.8 Å². The molecular formula is C31H38N2O. The molecule has 5 aliphatic rings. The number of aromatic nitrogens is 1. The van der Waals surface area contributed by atoms with Crippen LogP contribution in [0.4, 0.5) is 0 Å². The van der Waals surface area contributed by atoms with E-state index in [0.29, 0.717) is 12.0 Å². The molecule has 1 N–H and O–H groups in total. The van der Waals surface area contributed by atoms with Crippen LogP contribution >= 0.6 is 0 Å². The molecule has 0 radical (unpaired) electrons. The molecule has 6 unspecified atom stereocenters. The Morgan fingerprint density at radius 2 is 1.88 bits per heavy atom. The smallest absolute Gasteiger partial charge is 0.0669 e. The molecule has 1 saturated heterocycles. The van der Waals surface area contributed by atoms with Gasteiger partial charge in [0.05, 0.1) is 18.8 Å². The van der Waals surface area contributed by atoms with Crippen molar-refractivity contribution < 1.29 is 4.74 Å². The Morgan fingerprint density at radius 1 is 0.971 bits per heavy atom. The van der Waals surface area contributed by atoms with E-state index in [1.165, 1.54) is 62.1 Å². The van der Waals surface area contributed by atoms with E-state index in [4.69, 9.17) is 4.74 Å². The lowest BCUT2D eigenvalue weighted by atomic mass is 9.69. The molecule has 2 saturated carbocycles. The highest BCUT2D eigenvalue weighted by atomic mass is 16.5. The molecule has 3 fully saturated rings. The monoisotopic (exact) mass is 454 g/mol. The van der Waals surface area contributed by atoms with Crippen molar-refractivity contribution in [2.24, 2.45) is 23.7 Å². The number of pyridine rings is 1. The van der Waals surface area contributed by atoms with Crippen molar-refractivity contribution in [1.82, 2.24) is 10.3 Å². The van der Waals surface area contributed by atoms with Crippen LogP contribution in [0.5, 0.6) is 0 Å². The topological polar surface area (TPSA) is 34.2 Å². The average Bonchev–Trinajstić information content (AvgIpc) is 3.18. The molecule has 178 valence electrons. The van der Waals surface area contributed by atoms with Crippen LogP contribution < -0.4 is 5.32 Å². The van der Waals surface area contributed by atoms with Gasteiger partial charge in [0.25, 0.3) is 0 Å². The SMILES string of the molecule is CC1(NC2CCC3=CC4=CCC5C(c6ccc7ccncc7c6)CCC5C4CCC3C2)COC1. The minimum absolute atomic E-state index is 0.220. The van der Waals surface area contributed by atoms with E-state index >= 15 is 0 Å². The van der Waals surface area contributed by atoms with Gasteiger partial charge in [-0.25, -0.2) is 0 Å². The molecule has 7 rings (SSSR count). The molecule has 1 aromatic carbocycles. The fraction of sp³-hybridized carbons (Fsp3) is 0.581. The lowest BCUT2D eigenvalue weighted by Crippen LogP contribution is -2.61. The summed E-state index contributed by atoms with van der Waals surface area (Å²) in [7, 11) is 0. The predicted molar refractivity (Wildman–Crippen MR) is 138 cm³/mol. The predicted octanol–water partition coefficient (Wildman–Crippen LogP) is 6.56. The fourth-order valence-corrected chi connectivity index (χ4v) is 8.26. The second kappa shape index (κ2) is 8.31. The third kappa shape index (κ3) is 3.67. The number of ether oxygens (including phenoxy) is 1. The van der Waals surface area contributed by atoms with Crippen LogP contribution in [0.25, 0.3) is 10.8 Å². The summed E-state index contributed by atoms with van der Waals surface area (Å²) in [6, 6.07) is 9.94. The van der Waals surface area contributed by atoms with Gasteiger partial charge < -0.3 is 10.1 Å². The number of fused-ring (bicyclic) bond motifs is 5. The summed E-state index contributed by atoms with van der Waals surface area (Å²) in [6.07, 6.45) is 20.0. The number of hydrogen-bond acceptors (Lipinski definition) is 3. The van der Waals surface area contributed by atoms with E-state index in [-0.39, 0.29) is 5.54 Å². The van der Waals surface area contributed by atoms with Crippen LogP contribution in [0.3, 0.4) is 0 Å². The van der Waals surface area contributed by atoms with Gasteiger partial charge in [0.15, 0.2) is 0 Å². The summed E-state index contributed by atoms with van der Waals surface area (Å²) in [5.41, 5.74) is 5.23. The van der Waals surface area contributed by atoms with E-state index < -0.39 is 0 Å². The van der Waals surface area contributed by atoms with Crippen LogP contribution in [0, 0.1) is 23.7 Å². The fourth-order valence-electron chi connectivity index (χ4n) is 8.26. The van der Waals surface area contributed by atoms with Gasteiger partial charge in [0, 0.05) is 23.8 Å². The molecule has 3 heteroatoms. The highest BCUT2D eigenvalue weighted by molar-refractivity contribution is 5.82. The number of nitrogens with zero attached hydrogens (tertiary/aromatic N) is 1. The zero-order valence-corrected chi connectivity index (χ0v) is 20.5. The van der Waals surface area contributed by atoms with Crippen molar-refractivity contribution in [1.29, 1.82) is 0 Å². The number of nitrogens with one attached hydrogen (secondary N) is 1. The molecular weight excluding hydrogens is 416 g/mol. The van der Waals surface area contributed by atoms with Crippen molar-refractivity contribution in [2.45, 2.75) is 75.8 Å². The summed E-state index contributed by atoms with van der Waals surface area (Å²) in [4.78, 5) is 4.37. The maximum atomic E-state index is 5.49. The summed E-state index contributed by atoms with van der Waals surface area (Å²) in [6.45, 7) is 4.09.